The molecule has 1 saturated heterocycles. The molecule has 0 bridgehead atoms. The van der Waals surface area contributed by atoms with E-state index < -0.39 is 0 Å². The summed E-state index contributed by atoms with van der Waals surface area (Å²) in [5, 5.41) is 5.22. The maximum absolute atomic E-state index is 12.1. The molecule has 5 nitrogen and oxygen atoms in total. The fourth-order valence-electron chi connectivity index (χ4n) is 3.52. The minimum absolute atomic E-state index is 0.137. The predicted octanol–water partition coefficient (Wildman–Crippen LogP) is 1.33. The van der Waals surface area contributed by atoms with E-state index in [-0.39, 0.29) is 18.1 Å². The Morgan fingerprint density at radius 2 is 2.13 bits per heavy atom. The first-order chi connectivity index (χ1) is 11.1. The third kappa shape index (κ3) is 4.76. The highest BCUT2D eigenvalue weighted by Gasteiger charge is 2.22. The van der Waals surface area contributed by atoms with Crippen LogP contribution in [0, 0.1) is 0 Å². The van der Waals surface area contributed by atoms with Crippen molar-refractivity contribution in [1.29, 1.82) is 0 Å². The number of ether oxygens (including phenoxy) is 1. The number of fused-ring (bicyclic) bond motifs is 1. The fourth-order valence-corrected chi connectivity index (χ4v) is 4.41. The second-order valence-corrected chi connectivity index (χ2v) is 7.70. The largest absolute Gasteiger partial charge is 0.373 e. The molecule has 0 spiro atoms. The van der Waals surface area contributed by atoms with E-state index in [2.05, 4.69) is 40.4 Å². The van der Waals surface area contributed by atoms with Gasteiger partial charge in [0, 0.05) is 44.1 Å². The quantitative estimate of drug-likeness (QED) is 0.880. The Morgan fingerprint density at radius 3 is 2.91 bits per heavy atom. The van der Waals surface area contributed by atoms with Gasteiger partial charge in [0.25, 0.3) is 0 Å². The average molecular weight is 337 g/mol. The first-order valence-corrected chi connectivity index (χ1v) is 9.40. The summed E-state index contributed by atoms with van der Waals surface area (Å²) in [4.78, 5) is 18.2. The number of hydrogen-bond donors (Lipinski definition) is 1. The maximum Gasteiger partial charge on any atom is 0.234 e. The molecule has 2 unspecified atom stereocenters. The number of carbonyl (C=O) groups excluding carboxylic acids is 1. The van der Waals surface area contributed by atoms with Crippen molar-refractivity contribution in [3.63, 3.8) is 0 Å². The zero-order valence-corrected chi connectivity index (χ0v) is 14.9. The first-order valence-electron chi connectivity index (χ1n) is 8.52. The number of hydrogen-bond acceptors (Lipinski definition) is 5. The lowest BCUT2D eigenvalue weighted by Crippen LogP contribution is -2.48. The van der Waals surface area contributed by atoms with Crippen LogP contribution in [-0.2, 0) is 22.5 Å². The first kappa shape index (κ1) is 16.9. The second kappa shape index (κ2) is 7.75. The average Bonchev–Trinajstić information content (AvgIpc) is 2.93. The van der Waals surface area contributed by atoms with Gasteiger partial charge in [0.05, 0.1) is 18.8 Å². The van der Waals surface area contributed by atoms with Gasteiger partial charge in [0.15, 0.2) is 0 Å². The molecule has 1 aromatic heterocycles. The van der Waals surface area contributed by atoms with Crippen molar-refractivity contribution in [2.24, 2.45) is 0 Å². The van der Waals surface area contributed by atoms with Crippen LogP contribution in [0.2, 0.25) is 0 Å². The zero-order chi connectivity index (χ0) is 16.2. The molecular weight excluding hydrogens is 310 g/mol. The minimum atomic E-state index is 0.137. The van der Waals surface area contributed by atoms with Crippen molar-refractivity contribution < 1.29 is 9.53 Å². The molecular formula is C17H27N3O2S. The van der Waals surface area contributed by atoms with Gasteiger partial charge >= 0.3 is 0 Å². The van der Waals surface area contributed by atoms with Crippen molar-refractivity contribution in [2.75, 3.05) is 39.3 Å². The summed E-state index contributed by atoms with van der Waals surface area (Å²) in [6.45, 7) is 10.1. The molecule has 6 heteroatoms. The van der Waals surface area contributed by atoms with Gasteiger partial charge in [0.2, 0.25) is 5.91 Å². The van der Waals surface area contributed by atoms with Gasteiger partial charge in [-0.3, -0.25) is 14.6 Å². The van der Waals surface area contributed by atoms with Gasteiger partial charge < -0.3 is 10.1 Å². The second-order valence-electron chi connectivity index (χ2n) is 6.70. The van der Waals surface area contributed by atoms with E-state index in [1.807, 2.05) is 11.3 Å². The normalized spacial score (nSPS) is 26.0. The van der Waals surface area contributed by atoms with Gasteiger partial charge in [-0.1, -0.05) is 0 Å². The highest BCUT2D eigenvalue weighted by molar-refractivity contribution is 7.10. The molecule has 1 aromatic rings. The molecule has 1 amide bonds. The van der Waals surface area contributed by atoms with E-state index in [1.165, 1.54) is 10.4 Å². The topological polar surface area (TPSA) is 44.8 Å². The Hall–Kier alpha value is -0.950. The summed E-state index contributed by atoms with van der Waals surface area (Å²) >= 11 is 1.83. The molecule has 0 radical (unpaired) electrons. The molecule has 0 aliphatic carbocycles. The lowest BCUT2D eigenvalue weighted by atomic mass is 10.1. The van der Waals surface area contributed by atoms with E-state index in [0.717, 1.165) is 45.7 Å². The number of carbonyl (C=O) groups is 1. The molecule has 128 valence electrons. The summed E-state index contributed by atoms with van der Waals surface area (Å²) in [6.07, 6.45) is 1.63. The van der Waals surface area contributed by atoms with E-state index >= 15 is 0 Å². The van der Waals surface area contributed by atoms with E-state index in [4.69, 9.17) is 4.74 Å². The van der Waals surface area contributed by atoms with Crippen molar-refractivity contribution in [3.8, 4) is 0 Å². The Labute approximate surface area is 142 Å². The van der Waals surface area contributed by atoms with Crippen molar-refractivity contribution in [3.05, 3.63) is 21.9 Å². The third-order valence-corrected chi connectivity index (χ3v) is 5.52. The van der Waals surface area contributed by atoms with E-state index in [9.17, 15) is 4.79 Å². The van der Waals surface area contributed by atoms with Crippen LogP contribution in [0.15, 0.2) is 11.4 Å². The Morgan fingerprint density at radius 1 is 1.35 bits per heavy atom. The number of thiophene rings is 1. The highest BCUT2D eigenvalue weighted by atomic mass is 32.1. The molecule has 0 saturated carbocycles. The zero-order valence-electron chi connectivity index (χ0n) is 14.1. The van der Waals surface area contributed by atoms with Crippen molar-refractivity contribution in [2.45, 2.75) is 39.0 Å². The van der Waals surface area contributed by atoms with Crippen molar-refractivity contribution in [1.82, 2.24) is 15.1 Å². The molecule has 23 heavy (non-hydrogen) atoms. The summed E-state index contributed by atoms with van der Waals surface area (Å²) in [5.41, 5.74) is 1.39. The van der Waals surface area contributed by atoms with Crippen LogP contribution in [0.3, 0.4) is 0 Å². The number of nitrogens with one attached hydrogen (secondary N) is 1. The van der Waals surface area contributed by atoms with Gasteiger partial charge in [-0.2, -0.15) is 0 Å². The molecule has 3 rings (SSSR count). The highest BCUT2D eigenvalue weighted by Crippen LogP contribution is 2.23. The number of rotatable bonds is 5. The molecule has 0 aromatic carbocycles. The monoisotopic (exact) mass is 337 g/mol. The number of nitrogens with zero attached hydrogens (tertiary/aromatic N) is 2. The van der Waals surface area contributed by atoms with E-state index in [0.29, 0.717) is 6.54 Å². The molecule has 1 fully saturated rings. The van der Waals surface area contributed by atoms with Crippen LogP contribution in [0.4, 0.5) is 0 Å². The summed E-state index contributed by atoms with van der Waals surface area (Å²) in [5.74, 6) is 0.137. The molecule has 3 heterocycles. The van der Waals surface area contributed by atoms with Crippen molar-refractivity contribution >= 4 is 17.2 Å². The van der Waals surface area contributed by atoms with E-state index in [1.54, 1.807) is 0 Å². The molecule has 1 N–H and O–H groups in total. The fraction of sp³-hybridized carbons (Fsp3) is 0.706. The standard InChI is InChI=1S/C17H27N3O2S/c1-13-9-20(10-14(2)22-13)7-5-18-17(21)12-19-6-3-16-15(11-19)4-8-23-16/h4,8,13-14H,3,5-7,9-12H2,1-2H3,(H,18,21). The van der Waals surface area contributed by atoms with Crippen LogP contribution in [0.1, 0.15) is 24.3 Å². The lowest BCUT2D eigenvalue weighted by molar-refractivity contribution is -0.122. The predicted molar refractivity (Wildman–Crippen MR) is 92.8 cm³/mol. The Bertz CT molecular complexity index is 524. The van der Waals surface area contributed by atoms with Gasteiger partial charge in [-0.05, 0) is 37.3 Å². The van der Waals surface area contributed by atoms with Gasteiger partial charge in [-0.25, -0.2) is 0 Å². The van der Waals surface area contributed by atoms with Gasteiger partial charge in [0.1, 0.15) is 0 Å². The summed E-state index contributed by atoms with van der Waals surface area (Å²) in [7, 11) is 0. The molecule has 2 atom stereocenters. The van der Waals surface area contributed by atoms with Crippen LogP contribution >= 0.6 is 11.3 Å². The minimum Gasteiger partial charge on any atom is -0.373 e. The van der Waals surface area contributed by atoms with Crippen LogP contribution in [0.25, 0.3) is 0 Å². The Kier molecular flexibility index (Phi) is 5.69. The smallest absolute Gasteiger partial charge is 0.234 e. The molecule has 2 aliphatic heterocycles. The van der Waals surface area contributed by atoms with Gasteiger partial charge in [-0.15, -0.1) is 11.3 Å². The van der Waals surface area contributed by atoms with Crippen LogP contribution in [0.5, 0.6) is 0 Å². The Balaban J connectivity index is 1.35. The van der Waals surface area contributed by atoms with Crippen LogP contribution in [-0.4, -0.2) is 67.2 Å². The summed E-state index contributed by atoms with van der Waals surface area (Å²) in [6, 6.07) is 2.19. The summed E-state index contributed by atoms with van der Waals surface area (Å²) < 4.78 is 5.73. The SMILES string of the molecule is CC1CN(CCNC(=O)CN2CCc3sccc3C2)CC(C)O1. The lowest BCUT2D eigenvalue weighted by Gasteiger charge is -2.35. The maximum atomic E-state index is 12.1. The van der Waals surface area contributed by atoms with Crippen LogP contribution < -0.4 is 5.32 Å². The third-order valence-electron chi connectivity index (χ3n) is 4.50. The number of morpholine rings is 1. The molecule has 2 aliphatic rings. The number of amides is 1.